The van der Waals surface area contributed by atoms with E-state index in [-0.39, 0.29) is 32.6 Å². The summed E-state index contributed by atoms with van der Waals surface area (Å²) in [6.45, 7) is 3.16. The lowest BCUT2D eigenvalue weighted by Gasteiger charge is -2.11. The molecule has 0 aromatic heterocycles. The highest BCUT2D eigenvalue weighted by atomic mass is 32.2. The van der Waals surface area contributed by atoms with Crippen molar-refractivity contribution < 1.29 is 35.8 Å². The Morgan fingerprint density at radius 3 is 2.07 bits per heavy atom. The number of fused-ring (bicyclic) bond motifs is 1. The summed E-state index contributed by atoms with van der Waals surface area (Å²) in [5.74, 6) is -0.950. The van der Waals surface area contributed by atoms with Crippen molar-refractivity contribution in [2.24, 2.45) is 20.5 Å². The third-order valence-corrected chi connectivity index (χ3v) is 8.73. The number of carbonyl (C=O) groups excluding carboxylic acids is 1. The molecule has 5 aromatic carbocycles. The van der Waals surface area contributed by atoms with Crippen LogP contribution in [-0.2, 0) is 20.2 Å². The number of carbonyl (C=O) groups is 1. The van der Waals surface area contributed by atoms with Gasteiger partial charge in [-0.3, -0.25) is 13.9 Å². The molecule has 5 rings (SSSR count). The lowest BCUT2D eigenvalue weighted by Crippen LogP contribution is -2.11. The number of aryl methyl sites for hydroxylation is 1. The second-order valence-electron chi connectivity index (χ2n) is 10.0. The number of amides is 1. The van der Waals surface area contributed by atoms with Crippen molar-refractivity contribution in [2.45, 2.75) is 23.6 Å². The van der Waals surface area contributed by atoms with E-state index in [1.807, 2.05) is 0 Å². The highest BCUT2D eigenvalue weighted by Crippen LogP contribution is 2.42. The molecule has 0 saturated heterocycles. The van der Waals surface area contributed by atoms with E-state index in [4.69, 9.17) is 0 Å². The first-order chi connectivity index (χ1) is 21.7. The molecule has 13 nitrogen and oxygen atoms in total. The van der Waals surface area contributed by atoms with E-state index >= 15 is 0 Å². The SMILES string of the molecule is Cc1cc(N=Nc2cccc(S(=O)(=O)O)c2C)ccc1N=Nc1c(S(=O)(=O)O)cc2cc(NC(=O)c3ccccc3)ccc2c1O. The van der Waals surface area contributed by atoms with E-state index in [0.29, 0.717) is 22.5 Å². The summed E-state index contributed by atoms with van der Waals surface area (Å²) in [7, 11) is -9.31. The first-order valence-electron chi connectivity index (χ1n) is 13.4. The fourth-order valence-electron chi connectivity index (χ4n) is 4.54. The zero-order chi connectivity index (χ0) is 33.2. The molecule has 0 aliphatic rings. The van der Waals surface area contributed by atoms with Gasteiger partial charge in [0.15, 0.2) is 5.75 Å². The number of azo groups is 2. The summed E-state index contributed by atoms with van der Waals surface area (Å²) >= 11 is 0. The molecular formula is C31H25N5O8S2. The van der Waals surface area contributed by atoms with Crippen LogP contribution in [0.1, 0.15) is 21.5 Å². The first-order valence-corrected chi connectivity index (χ1v) is 16.3. The molecule has 4 N–H and O–H groups in total. The number of nitrogens with zero attached hydrogens (tertiary/aromatic N) is 4. The number of aromatic hydroxyl groups is 1. The summed E-state index contributed by atoms with van der Waals surface area (Å²) in [5.41, 5.74) is 1.88. The van der Waals surface area contributed by atoms with Crippen LogP contribution < -0.4 is 5.32 Å². The lowest BCUT2D eigenvalue weighted by atomic mass is 10.1. The molecule has 0 unspecified atom stereocenters. The van der Waals surface area contributed by atoms with E-state index < -0.39 is 42.5 Å². The van der Waals surface area contributed by atoms with E-state index in [2.05, 4.69) is 25.8 Å². The highest BCUT2D eigenvalue weighted by Gasteiger charge is 2.22. The van der Waals surface area contributed by atoms with Gasteiger partial charge in [0.1, 0.15) is 10.6 Å². The van der Waals surface area contributed by atoms with E-state index in [1.54, 1.807) is 43.3 Å². The summed E-state index contributed by atoms with van der Waals surface area (Å²) < 4.78 is 67.1. The summed E-state index contributed by atoms with van der Waals surface area (Å²) in [4.78, 5) is 11.6. The van der Waals surface area contributed by atoms with E-state index in [1.165, 1.54) is 55.5 Å². The van der Waals surface area contributed by atoms with Crippen LogP contribution in [0.3, 0.4) is 0 Å². The largest absolute Gasteiger partial charge is 0.505 e. The second-order valence-corrected chi connectivity index (χ2v) is 12.8. The van der Waals surface area contributed by atoms with Crippen LogP contribution in [0.15, 0.2) is 121 Å². The molecule has 0 aliphatic carbocycles. The topological polar surface area (TPSA) is 208 Å². The molecule has 0 heterocycles. The minimum Gasteiger partial charge on any atom is -0.505 e. The molecule has 46 heavy (non-hydrogen) atoms. The number of hydrogen-bond donors (Lipinski definition) is 4. The maximum Gasteiger partial charge on any atom is 0.296 e. The highest BCUT2D eigenvalue weighted by molar-refractivity contribution is 7.86. The normalized spacial score (nSPS) is 12.3. The number of phenolic OH excluding ortho intramolecular Hbond substituents is 1. The van der Waals surface area contributed by atoms with Crippen molar-refractivity contribution >= 4 is 65.4 Å². The molecule has 0 aliphatic heterocycles. The summed E-state index contributed by atoms with van der Waals surface area (Å²) in [6, 6.07) is 22.8. The number of benzene rings is 5. The molecule has 0 bridgehead atoms. The van der Waals surface area contributed by atoms with Gasteiger partial charge in [-0.25, -0.2) is 0 Å². The quantitative estimate of drug-likeness (QED) is 0.0954. The average Bonchev–Trinajstić information content (AvgIpc) is 3.00. The maximum absolute atomic E-state index is 12.6. The van der Waals surface area contributed by atoms with Crippen molar-refractivity contribution in [1.29, 1.82) is 0 Å². The fourth-order valence-corrected chi connectivity index (χ4v) is 5.94. The first kappa shape index (κ1) is 32.1. The third kappa shape index (κ3) is 6.97. The van der Waals surface area contributed by atoms with Gasteiger partial charge in [-0.2, -0.15) is 32.2 Å². The van der Waals surface area contributed by atoms with Crippen molar-refractivity contribution in [2.75, 3.05) is 5.32 Å². The monoisotopic (exact) mass is 659 g/mol. The Kier molecular flexibility index (Phi) is 8.76. The van der Waals surface area contributed by atoms with Crippen LogP contribution in [0.4, 0.5) is 28.4 Å². The molecule has 0 saturated carbocycles. The summed E-state index contributed by atoms with van der Waals surface area (Å²) in [5, 5.41) is 30.4. The molecular weight excluding hydrogens is 635 g/mol. The zero-order valence-corrected chi connectivity index (χ0v) is 25.8. The Balaban J connectivity index is 1.44. The van der Waals surface area contributed by atoms with Gasteiger partial charge in [-0.15, -0.1) is 5.11 Å². The van der Waals surface area contributed by atoms with Crippen LogP contribution in [0, 0.1) is 13.8 Å². The van der Waals surface area contributed by atoms with Gasteiger partial charge < -0.3 is 10.4 Å². The third-order valence-electron chi connectivity index (χ3n) is 6.87. The van der Waals surface area contributed by atoms with E-state index in [9.17, 15) is 35.8 Å². The van der Waals surface area contributed by atoms with Crippen LogP contribution in [0.2, 0.25) is 0 Å². The van der Waals surface area contributed by atoms with Gasteiger partial charge in [0.2, 0.25) is 0 Å². The molecule has 0 fully saturated rings. The smallest absolute Gasteiger partial charge is 0.296 e. The van der Waals surface area contributed by atoms with Crippen molar-refractivity contribution in [3.63, 3.8) is 0 Å². The molecule has 5 aromatic rings. The average molecular weight is 660 g/mol. The predicted octanol–water partition coefficient (Wildman–Crippen LogP) is 7.74. The predicted molar refractivity (Wildman–Crippen MR) is 170 cm³/mol. The Hall–Kier alpha value is -5.35. The number of hydrogen-bond acceptors (Lipinski definition) is 10. The molecule has 234 valence electrons. The van der Waals surface area contributed by atoms with Crippen LogP contribution in [0.25, 0.3) is 10.8 Å². The Labute approximate surface area is 263 Å². The second kappa shape index (κ2) is 12.6. The van der Waals surface area contributed by atoms with Gasteiger partial charge >= 0.3 is 0 Å². The Morgan fingerprint density at radius 2 is 1.39 bits per heavy atom. The zero-order valence-electron chi connectivity index (χ0n) is 24.1. The number of rotatable bonds is 8. The van der Waals surface area contributed by atoms with Crippen molar-refractivity contribution in [3.05, 3.63) is 108 Å². The van der Waals surface area contributed by atoms with Gasteiger partial charge in [-0.1, -0.05) is 24.3 Å². The van der Waals surface area contributed by atoms with Crippen LogP contribution in [-0.4, -0.2) is 37.0 Å². The molecule has 0 radical (unpaired) electrons. The van der Waals surface area contributed by atoms with Crippen LogP contribution >= 0.6 is 0 Å². The molecule has 15 heteroatoms. The Bertz CT molecular complexity index is 2290. The van der Waals surface area contributed by atoms with Crippen LogP contribution in [0.5, 0.6) is 5.75 Å². The number of nitrogens with one attached hydrogen (secondary N) is 1. The number of phenols is 1. The van der Waals surface area contributed by atoms with Gasteiger partial charge in [0.25, 0.3) is 26.1 Å². The molecule has 0 spiro atoms. The van der Waals surface area contributed by atoms with Gasteiger partial charge in [0.05, 0.1) is 22.0 Å². The van der Waals surface area contributed by atoms with E-state index in [0.717, 1.165) is 6.07 Å². The van der Waals surface area contributed by atoms with Gasteiger partial charge in [0, 0.05) is 16.6 Å². The van der Waals surface area contributed by atoms with Crippen molar-refractivity contribution in [1.82, 2.24) is 0 Å². The Morgan fingerprint density at radius 1 is 0.696 bits per heavy atom. The lowest BCUT2D eigenvalue weighted by molar-refractivity contribution is 0.102. The minimum atomic E-state index is -4.88. The summed E-state index contributed by atoms with van der Waals surface area (Å²) in [6.07, 6.45) is 0. The molecule has 1 amide bonds. The standard InChI is InChI=1S/C31H25N5O8S2/c1-18-15-23(33-35-26-9-6-10-27(19(26)2)45(39,40)41)12-14-25(18)34-36-29-28(46(42,43)44)17-21-16-22(11-13-24(21)30(29)37)32-31(38)20-7-4-3-5-8-20/h3-17,37H,1-2H3,(H,32,38)(H,39,40,41)(H,42,43,44). The van der Waals surface area contributed by atoms with Crippen molar-refractivity contribution in [3.8, 4) is 5.75 Å². The fraction of sp³-hybridized carbons (Fsp3) is 0.0645. The molecule has 0 atom stereocenters. The maximum atomic E-state index is 12.6. The number of anilines is 1. The van der Waals surface area contributed by atoms with Gasteiger partial charge in [-0.05, 0) is 97.1 Å². The minimum absolute atomic E-state index is 0.194.